The summed E-state index contributed by atoms with van der Waals surface area (Å²) in [6, 6.07) is 3.09. The van der Waals surface area contributed by atoms with Crippen LogP contribution in [0.3, 0.4) is 0 Å². The molecule has 1 fully saturated rings. The Bertz CT molecular complexity index is 1570. The van der Waals surface area contributed by atoms with Gasteiger partial charge in [0.05, 0.1) is 21.8 Å². The van der Waals surface area contributed by atoms with Crippen LogP contribution in [0.15, 0.2) is 29.3 Å². The standard InChI is InChI=1S/C20H19ClF3N5O2S2.C2HF3O2/c21-14-7-12(33(30,31)28-20(10-22)3-4-20)9-29-15(18-26-27-19(32-18)17(23)24)8-13(16(14)29)11-1-5-25-6-2-11;3-2(4,5)1(6)7/h1,7-9,17,25,28H,2-6,10H2;(H,6,7). The predicted molar refractivity (Wildman–Crippen MR) is 134 cm³/mol. The number of pyridine rings is 1. The highest BCUT2D eigenvalue weighted by Gasteiger charge is 2.46. The molecule has 0 radical (unpaired) electrons. The first-order valence-electron chi connectivity index (χ1n) is 11.4. The Kier molecular flexibility index (Phi) is 8.52. The topological polar surface area (TPSA) is 126 Å². The molecule has 9 nitrogen and oxygen atoms in total. The monoisotopic (exact) mass is 631 g/mol. The van der Waals surface area contributed by atoms with Crippen LogP contribution >= 0.6 is 22.9 Å². The molecule has 4 heterocycles. The van der Waals surface area contributed by atoms with Gasteiger partial charge in [-0.05, 0) is 43.5 Å². The zero-order valence-corrected chi connectivity index (χ0v) is 22.5. The number of carboxylic acid groups (broad SMARTS) is 1. The molecule has 0 unspecified atom stereocenters. The van der Waals surface area contributed by atoms with Gasteiger partial charge in [-0.1, -0.05) is 29.0 Å². The Morgan fingerprint density at radius 1 is 1.27 bits per heavy atom. The molecular formula is C22H20ClF6N5O4S2. The van der Waals surface area contributed by atoms with E-state index in [0.717, 1.165) is 29.0 Å². The highest BCUT2D eigenvalue weighted by Crippen LogP contribution is 2.40. The van der Waals surface area contributed by atoms with Gasteiger partial charge < -0.3 is 14.8 Å². The van der Waals surface area contributed by atoms with Crippen LogP contribution in [-0.4, -0.2) is 65.6 Å². The first-order chi connectivity index (χ1) is 18.7. The molecule has 0 aromatic carbocycles. The number of hydrogen-bond acceptors (Lipinski definition) is 7. The van der Waals surface area contributed by atoms with Crippen molar-refractivity contribution in [3.8, 4) is 10.7 Å². The highest BCUT2D eigenvalue weighted by molar-refractivity contribution is 7.89. The van der Waals surface area contributed by atoms with Gasteiger partial charge in [-0.15, -0.1) is 10.2 Å². The fraction of sp³-hybridized carbons (Fsp3) is 0.409. The van der Waals surface area contributed by atoms with Crippen molar-refractivity contribution in [2.45, 2.75) is 42.3 Å². The van der Waals surface area contributed by atoms with Gasteiger partial charge in [-0.25, -0.2) is 31.1 Å². The molecular weight excluding hydrogens is 612 g/mol. The van der Waals surface area contributed by atoms with E-state index in [1.54, 1.807) is 10.5 Å². The van der Waals surface area contributed by atoms with E-state index >= 15 is 0 Å². The third kappa shape index (κ3) is 6.43. The molecule has 1 saturated carbocycles. The second-order valence-corrected chi connectivity index (χ2v) is 12.0. The molecule has 3 aromatic rings. The lowest BCUT2D eigenvalue weighted by Crippen LogP contribution is -2.38. The third-order valence-corrected chi connectivity index (χ3v) is 8.84. The molecule has 218 valence electrons. The number of carbonyl (C=O) groups is 1. The zero-order valence-electron chi connectivity index (χ0n) is 20.1. The molecule has 2 aliphatic rings. The Hall–Kier alpha value is -2.73. The van der Waals surface area contributed by atoms with Crippen LogP contribution in [0.4, 0.5) is 26.3 Å². The number of carboxylic acids is 1. The number of nitrogens with zero attached hydrogens (tertiary/aromatic N) is 3. The Morgan fingerprint density at radius 3 is 2.45 bits per heavy atom. The van der Waals surface area contributed by atoms with Gasteiger partial charge in [-0.2, -0.15) is 13.2 Å². The van der Waals surface area contributed by atoms with Crippen LogP contribution in [0.25, 0.3) is 21.8 Å². The first kappa shape index (κ1) is 30.2. The van der Waals surface area contributed by atoms with Crippen molar-refractivity contribution < 1.29 is 44.7 Å². The Labute approximate surface area is 231 Å². The van der Waals surface area contributed by atoms with Crippen LogP contribution in [0.5, 0.6) is 0 Å². The summed E-state index contributed by atoms with van der Waals surface area (Å²) in [6.07, 6.45) is -2.93. The molecule has 0 spiro atoms. The Balaban J connectivity index is 0.000000470. The molecule has 0 amide bonds. The summed E-state index contributed by atoms with van der Waals surface area (Å²) < 4.78 is 101. The lowest BCUT2D eigenvalue weighted by Gasteiger charge is -2.16. The summed E-state index contributed by atoms with van der Waals surface area (Å²) >= 11 is 7.32. The average molecular weight is 632 g/mol. The highest BCUT2D eigenvalue weighted by atomic mass is 35.5. The fourth-order valence-corrected chi connectivity index (χ4v) is 6.42. The van der Waals surface area contributed by atoms with E-state index in [1.807, 2.05) is 6.08 Å². The van der Waals surface area contributed by atoms with Gasteiger partial charge in [0, 0.05) is 18.3 Å². The number of aromatic nitrogens is 3. The van der Waals surface area contributed by atoms with E-state index < -0.39 is 45.8 Å². The van der Waals surface area contributed by atoms with Crippen molar-refractivity contribution in [2.75, 3.05) is 19.8 Å². The van der Waals surface area contributed by atoms with Gasteiger partial charge in [0.15, 0.2) is 10.0 Å². The maximum Gasteiger partial charge on any atom is 0.490 e. The molecule has 3 N–H and O–H groups in total. The van der Waals surface area contributed by atoms with Crippen LogP contribution < -0.4 is 10.0 Å². The van der Waals surface area contributed by atoms with Gasteiger partial charge in [-0.3, -0.25) is 0 Å². The molecule has 3 aromatic heterocycles. The summed E-state index contributed by atoms with van der Waals surface area (Å²) in [5, 5.41) is 17.8. The van der Waals surface area contributed by atoms with Crippen LogP contribution in [-0.2, 0) is 14.8 Å². The lowest BCUT2D eigenvalue weighted by molar-refractivity contribution is -0.192. The minimum atomic E-state index is -5.08. The molecule has 0 saturated heterocycles. The van der Waals surface area contributed by atoms with Gasteiger partial charge in [0.25, 0.3) is 6.43 Å². The lowest BCUT2D eigenvalue weighted by atomic mass is 10.0. The summed E-state index contributed by atoms with van der Waals surface area (Å²) in [5.74, 6) is -2.76. The van der Waals surface area contributed by atoms with Gasteiger partial charge in [0.1, 0.15) is 11.6 Å². The molecule has 18 heteroatoms. The number of aliphatic carboxylic acids is 1. The van der Waals surface area contributed by atoms with Crippen LogP contribution in [0.2, 0.25) is 5.02 Å². The number of hydrogen-bond donors (Lipinski definition) is 3. The molecule has 1 aliphatic carbocycles. The Morgan fingerprint density at radius 2 is 1.95 bits per heavy atom. The zero-order chi connectivity index (χ0) is 29.5. The fourth-order valence-electron chi connectivity index (χ4n) is 3.87. The summed E-state index contributed by atoms with van der Waals surface area (Å²) in [4.78, 5) is 8.74. The smallest absolute Gasteiger partial charge is 0.475 e. The normalized spacial score (nSPS) is 16.9. The number of rotatable bonds is 7. The molecule has 5 rings (SSSR count). The molecule has 40 heavy (non-hydrogen) atoms. The van der Waals surface area contributed by atoms with E-state index in [-0.39, 0.29) is 14.9 Å². The molecule has 0 atom stereocenters. The maximum absolute atomic E-state index is 13.3. The van der Waals surface area contributed by atoms with E-state index in [0.29, 0.717) is 37.0 Å². The number of fused-ring (bicyclic) bond motifs is 1. The summed E-state index contributed by atoms with van der Waals surface area (Å²) in [5.41, 5.74) is 1.63. The quantitative estimate of drug-likeness (QED) is 0.319. The number of sulfonamides is 1. The van der Waals surface area contributed by atoms with E-state index in [2.05, 4.69) is 20.2 Å². The van der Waals surface area contributed by atoms with Gasteiger partial charge >= 0.3 is 12.1 Å². The molecule has 1 aliphatic heterocycles. The average Bonchev–Trinajstić information content (AvgIpc) is 3.29. The van der Waals surface area contributed by atoms with Crippen molar-refractivity contribution >= 4 is 50.0 Å². The van der Waals surface area contributed by atoms with E-state index in [1.165, 1.54) is 12.3 Å². The van der Waals surface area contributed by atoms with Crippen molar-refractivity contribution in [1.82, 2.24) is 24.6 Å². The number of halogens is 7. The van der Waals surface area contributed by atoms with Gasteiger partial charge in [0.2, 0.25) is 10.0 Å². The minimum Gasteiger partial charge on any atom is -0.475 e. The van der Waals surface area contributed by atoms with Crippen LogP contribution in [0, 0.1) is 0 Å². The van der Waals surface area contributed by atoms with Crippen molar-refractivity contribution in [3.05, 3.63) is 40.0 Å². The number of nitrogens with one attached hydrogen (secondary N) is 2. The largest absolute Gasteiger partial charge is 0.490 e. The third-order valence-electron chi connectivity index (χ3n) is 6.06. The van der Waals surface area contributed by atoms with Crippen LogP contribution in [0.1, 0.15) is 36.3 Å². The van der Waals surface area contributed by atoms with Crippen molar-refractivity contribution in [3.63, 3.8) is 0 Å². The predicted octanol–water partition coefficient (Wildman–Crippen LogP) is 4.84. The maximum atomic E-state index is 13.3. The minimum absolute atomic E-state index is 0.152. The second kappa shape index (κ2) is 11.3. The van der Waals surface area contributed by atoms with E-state index in [4.69, 9.17) is 21.5 Å². The summed E-state index contributed by atoms with van der Waals surface area (Å²) in [6.45, 7) is 0.617. The van der Waals surface area contributed by atoms with Crippen molar-refractivity contribution in [2.24, 2.45) is 0 Å². The first-order valence-corrected chi connectivity index (χ1v) is 14.1. The summed E-state index contributed by atoms with van der Waals surface area (Å²) in [7, 11) is -4.08. The van der Waals surface area contributed by atoms with E-state index in [9.17, 15) is 34.8 Å². The molecule has 0 bridgehead atoms. The second-order valence-electron chi connectivity index (χ2n) is 8.94. The number of alkyl halides is 6. The van der Waals surface area contributed by atoms with Crippen molar-refractivity contribution in [1.29, 1.82) is 0 Å². The SMILES string of the molecule is O=C(O)C(F)(F)F.O=S(=O)(NC1(CF)CC1)c1cc(Cl)c2c(C3=CCNCC3)cc(-c3nnc(C(F)F)s3)n2c1.